The summed E-state index contributed by atoms with van der Waals surface area (Å²) in [5, 5.41) is 4.01. The Bertz CT molecular complexity index is 172. The minimum absolute atomic E-state index is 0.807. The molecule has 0 aromatic rings. The Morgan fingerprint density at radius 1 is 0.789 bits per heavy atom. The van der Waals surface area contributed by atoms with Crippen LogP contribution in [0, 0.1) is 0 Å². The molecule has 1 heteroatoms. The average Bonchev–Trinajstić information content (AvgIpc) is 2.67. The van der Waals surface area contributed by atoms with E-state index < -0.39 is 0 Å². The summed E-state index contributed by atoms with van der Waals surface area (Å²) < 4.78 is 0. The zero-order chi connectivity index (χ0) is 13.8. The van der Waals surface area contributed by atoms with Gasteiger partial charge in [-0.3, -0.25) is 0 Å². The number of hydrogen-bond donors (Lipinski definition) is 1. The third kappa shape index (κ3) is 8.68. The first-order chi connectivity index (χ1) is 9.36. The third-order valence-electron chi connectivity index (χ3n) is 4.64. The van der Waals surface area contributed by atoms with Crippen LogP contribution in [0.1, 0.15) is 104 Å². The SMILES string of the molecule is CCCCCC(CCCCC)NC1CCCCCC1. The molecule has 1 aliphatic carbocycles. The van der Waals surface area contributed by atoms with Crippen LogP contribution < -0.4 is 5.32 Å². The monoisotopic (exact) mass is 267 g/mol. The molecule has 0 atom stereocenters. The van der Waals surface area contributed by atoms with E-state index in [1.54, 1.807) is 0 Å². The second-order valence-corrected chi connectivity index (χ2v) is 6.54. The van der Waals surface area contributed by atoms with Gasteiger partial charge < -0.3 is 5.32 Å². The molecule has 0 amide bonds. The molecule has 1 N–H and O–H groups in total. The molecule has 0 bridgehead atoms. The first-order valence-corrected chi connectivity index (χ1v) is 9.12. The number of nitrogens with one attached hydrogen (secondary N) is 1. The van der Waals surface area contributed by atoms with Gasteiger partial charge in [0.2, 0.25) is 0 Å². The molecule has 0 spiro atoms. The Balaban J connectivity index is 2.27. The van der Waals surface area contributed by atoms with E-state index >= 15 is 0 Å². The summed E-state index contributed by atoms with van der Waals surface area (Å²) in [5.74, 6) is 0. The lowest BCUT2D eigenvalue weighted by molar-refractivity contribution is 0.348. The second kappa shape index (κ2) is 11.8. The molecule has 0 heterocycles. The van der Waals surface area contributed by atoms with Crippen LogP contribution in [0.15, 0.2) is 0 Å². The molecule has 19 heavy (non-hydrogen) atoms. The maximum Gasteiger partial charge on any atom is 0.00696 e. The fraction of sp³-hybridized carbons (Fsp3) is 1.00. The van der Waals surface area contributed by atoms with Crippen molar-refractivity contribution in [3.05, 3.63) is 0 Å². The van der Waals surface area contributed by atoms with Gasteiger partial charge in [-0.25, -0.2) is 0 Å². The van der Waals surface area contributed by atoms with Crippen LogP contribution in [0.5, 0.6) is 0 Å². The van der Waals surface area contributed by atoms with Gasteiger partial charge >= 0.3 is 0 Å². The van der Waals surface area contributed by atoms with Crippen LogP contribution in [0.2, 0.25) is 0 Å². The Hall–Kier alpha value is -0.0400. The van der Waals surface area contributed by atoms with Crippen LogP contribution in [-0.4, -0.2) is 12.1 Å². The van der Waals surface area contributed by atoms with Crippen molar-refractivity contribution in [2.75, 3.05) is 0 Å². The molecule has 114 valence electrons. The van der Waals surface area contributed by atoms with Gasteiger partial charge in [0.15, 0.2) is 0 Å². The van der Waals surface area contributed by atoms with Crippen molar-refractivity contribution in [3.8, 4) is 0 Å². The second-order valence-electron chi connectivity index (χ2n) is 6.54. The third-order valence-corrected chi connectivity index (χ3v) is 4.64. The summed E-state index contributed by atoms with van der Waals surface area (Å²) in [4.78, 5) is 0. The summed E-state index contributed by atoms with van der Waals surface area (Å²) >= 11 is 0. The first-order valence-electron chi connectivity index (χ1n) is 9.12. The predicted octanol–water partition coefficient (Wildman–Crippen LogP) is 5.83. The quantitative estimate of drug-likeness (QED) is 0.388. The smallest absolute Gasteiger partial charge is 0.00696 e. The molecule has 1 aliphatic rings. The molecule has 0 saturated heterocycles. The molecular weight excluding hydrogens is 230 g/mol. The molecule has 1 rings (SSSR count). The van der Waals surface area contributed by atoms with Gasteiger partial charge in [-0.2, -0.15) is 0 Å². The summed E-state index contributed by atoms with van der Waals surface area (Å²) in [7, 11) is 0. The lowest BCUT2D eigenvalue weighted by atomic mass is 9.99. The zero-order valence-electron chi connectivity index (χ0n) is 13.6. The van der Waals surface area contributed by atoms with Crippen molar-refractivity contribution in [2.24, 2.45) is 0 Å². The average molecular weight is 268 g/mol. The normalized spacial score (nSPS) is 17.8. The van der Waals surface area contributed by atoms with Gasteiger partial charge in [-0.1, -0.05) is 78.1 Å². The molecule has 1 fully saturated rings. The van der Waals surface area contributed by atoms with Crippen molar-refractivity contribution in [1.82, 2.24) is 5.32 Å². The largest absolute Gasteiger partial charge is 0.311 e. The first kappa shape index (κ1) is 17.0. The number of hydrogen-bond acceptors (Lipinski definition) is 1. The van der Waals surface area contributed by atoms with E-state index in [-0.39, 0.29) is 0 Å². The van der Waals surface area contributed by atoms with E-state index in [0.29, 0.717) is 0 Å². The van der Waals surface area contributed by atoms with E-state index in [0.717, 1.165) is 12.1 Å². The topological polar surface area (TPSA) is 12.0 Å². The van der Waals surface area contributed by atoms with E-state index in [9.17, 15) is 0 Å². The number of rotatable bonds is 10. The molecular formula is C18H37N. The molecule has 1 nitrogen and oxygen atoms in total. The van der Waals surface area contributed by atoms with E-state index in [2.05, 4.69) is 19.2 Å². The number of unbranched alkanes of at least 4 members (excludes halogenated alkanes) is 4. The van der Waals surface area contributed by atoms with Gasteiger partial charge in [0, 0.05) is 12.1 Å². The molecule has 0 aromatic heterocycles. The Morgan fingerprint density at radius 3 is 1.79 bits per heavy atom. The van der Waals surface area contributed by atoms with Crippen LogP contribution in [-0.2, 0) is 0 Å². The summed E-state index contributed by atoms with van der Waals surface area (Å²) in [6.45, 7) is 4.62. The maximum absolute atomic E-state index is 4.01. The highest BCUT2D eigenvalue weighted by Gasteiger charge is 2.16. The fourth-order valence-electron chi connectivity index (χ4n) is 3.37. The van der Waals surface area contributed by atoms with Crippen molar-refractivity contribution >= 4 is 0 Å². The van der Waals surface area contributed by atoms with Crippen LogP contribution in [0.4, 0.5) is 0 Å². The van der Waals surface area contributed by atoms with Gasteiger partial charge in [0.25, 0.3) is 0 Å². The van der Waals surface area contributed by atoms with Gasteiger partial charge in [-0.15, -0.1) is 0 Å². The Kier molecular flexibility index (Phi) is 10.5. The minimum Gasteiger partial charge on any atom is -0.311 e. The fourth-order valence-corrected chi connectivity index (χ4v) is 3.37. The van der Waals surface area contributed by atoms with Gasteiger partial charge in [-0.05, 0) is 25.7 Å². The summed E-state index contributed by atoms with van der Waals surface area (Å²) in [6, 6.07) is 1.64. The molecule has 0 aliphatic heterocycles. The lowest BCUT2D eigenvalue weighted by Gasteiger charge is -2.25. The molecule has 0 radical (unpaired) electrons. The van der Waals surface area contributed by atoms with E-state index in [1.165, 1.54) is 89.9 Å². The lowest BCUT2D eigenvalue weighted by Crippen LogP contribution is -2.38. The maximum atomic E-state index is 4.01. The van der Waals surface area contributed by atoms with Crippen molar-refractivity contribution < 1.29 is 0 Å². The van der Waals surface area contributed by atoms with E-state index in [1.807, 2.05) is 0 Å². The molecule has 0 aromatic carbocycles. The van der Waals surface area contributed by atoms with Crippen LogP contribution in [0.25, 0.3) is 0 Å². The summed E-state index contributed by atoms with van der Waals surface area (Å²) in [6.07, 6.45) is 19.9. The predicted molar refractivity (Wildman–Crippen MR) is 86.7 cm³/mol. The standard InChI is InChI=1S/C18H37N/c1-3-5-9-13-17(14-10-6-4-2)19-18-15-11-7-8-12-16-18/h17-19H,3-16H2,1-2H3. The highest BCUT2D eigenvalue weighted by Crippen LogP contribution is 2.20. The van der Waals surface area contributed by atoms with Crippen LogP contribution >= 0.6 is 0 Å². The van der Waals surface area contributed by atoms with Gasteiger partial charge in [0.1, 0.15) is 0 Å². The zero-order valence-corrected chi connectivity index (χ0v) is 13.6. The highest BCUT2D eigenvalue weighted by molar-refractivity contribution is 4.76. The molecule has 0 unspecified atom stereocenters. The molecule has 1 saturated carbocycles. The van der Waals surface area contributed by atoms with Crippen molar-refractivity contribution in [3.63, 3.8) is 0 Å². The van der Waals surface area contributed by atoms with Crippen molar-refractivity contribution in [2.45, 2.75) is 116 Å². The van der Waals surface area contributed by atoms with Crippen molar-refractivity contribution in [1.29, 1.82) is 0 Å². The Morgan fingerprint density at radius 2 is 1.32 bits per heavy atom. The van der Waals surface area contributed by atoms with Crippen LogP contribution in [0.3, 0.4) is 0 Å². The van der Waals surface area contributed by atoms with E-state index in [4.69, 9.17) is 0 Å². The summed E-state index contributed by atoms with van der Waals surface area (Å²) in [5.41, 5.74) is 0. The Labute approximate surface area is 121 Å². The van der Waals surface area contributed by atoms with Gasteiger partial charge in [0.05, 0.1) is 0 Å². The minimum atomic E-state index is 0.807. The highest BCUT2D eigenvalue weighted by atomic mass is 14.9.